The first-order valence-corrected chi connectivity index (χ1v) is 7.69. The van der Waals surface area contributed by atoms with Gasteiger partial charge in [0.2, 0.25) is 0 Å². The van der Waals surface area contributed by atoms with E-state index in [0.717, 1.165) is 24.1 Å². The van der Waals surface area contributed by atoms with Crippen molar-refractivity contribution in [3.05, 3.63) is 47.8 Å². The minimum Gasteiger partial charge on any atom is -0.481 e. The third-order valence-corrected chi connectivity index (χ3v) is 4.24. The van der Waals surface area contributed by atoms with Crippen molar-refractivity contribution < 1.29 is 14.7 Å². The molecule has 1 amide bonds. The molecule has 0 saturated carbocycles. The Balaban J connectivity index is 1.82. The topological polar surface area (TPSA) is 75.4 Å². The summed E-state index contributed by atoms with van der Waals surface area (Å²) in [7, 11) is 0. The second-order valence-electron chi connectivity index (χ2n) is 5.84. The Kier molecular flexibility index (Phi) is 4.14. The Labute approximate surface area is 134 Å². The van der Waals surface area contributed by atoms with Crippen molar-refractivity contribution in [3.8, 4) is 5.69 Å². The molecule has 6 nitrogen and oxygen atoms in total. The van der Waals surface area contributed by atoms with Gasteiger partial charge < -0.3 is 10.0 Å². The first-order valence-electron chi connectivity index (χ1n) is 7.69. The van der Waals surface area contributed by atoms with Crippen LogP contribution in [0, 0.1) is 6.92 Å². The average molecular weight is 313 g/mol. The van der Waals surface area contributed by atoms with E-state index < -0.39 is 5.97 Å². The number of aromatic nitrogens is 2. The van der Waals surface area contributed by atoms with E-state index in [9.17, 15) is 9.59 Å². The predicted molar refractivity (Wildman–Crippen MR) is 84.6 cm³/mol. The summed E-state index contributed by atoms with van der Waals surface area (Å²) in [5.74, 6) is -0.955. The zero-order valence-corrected chi connectivity index (χ0v) is 13.0. The molecule has 2 aromatic rings. The molecule has 0 aliphatic carbocycles. The maximum atomic E-state index is 12.7. The number of hydrogen-bond donors (Lipinski definition) is 1. The highest BCUT2D eigenvalue weighted by Crippen LogP contribution is 2.24. The molecule has 3 rings (SSSR count). The number of carboxylic acids is 1. The molecule has 1 aromatic heterocycles. The van der Waals surface area contributed by atoms with E-state index in [2.05, 4.69) is 5.10 Å². The van der Waals surface area contributed by atoms with Crippen LogP contribution in [0.5, 0.6) is 0 Å². The summed E-state index contributed by atoms with van der Waals surface area (Å²) in [5.41, 5.74) is 2.47. The first-order chi connectivity index (χ1) is 11.1. The van der Waals surface area contributed by atoms with Crippen molar-refractivity contribution in [1.82, 2.24) is 14.7 Å². The summed E-state index contributed by atoms with van der Waals surface area (Å²) in [6.07, 6.45) is 5.18. The van der Waals surface area contributed by atoms with Crippen molar-refractivity contribution in [2.45, 2.75) is 32.2 Å². The number of aryl methyl sites for hydroxylation is 1. The number of benzene rings is 1. The van der Waals surface area contributed by atoms with Crippen molar-refractivity contribution in [1.29, 1.82) is 0 Å². The molecule has 23 heavy (non-hydrogen) atoms. The lowest BCUT2D eigenvalue weighted by atomic mass is 10.1. The lowest BCUT2D eigenvalue weighted by molar-refractivity contribution is -0.137. The van der Waals surface area contributed by atoms with Gasteiger partial charge in [-0.25, -0.2) is 4.68 Å². The predicted octanol–water partition coefficient (Wildman–Crippen LogP) is 2.26. The minimum atomic E-state index is -0.861. The second-order valence-corrected chi connectivity index (χ2v) is 5.84. The SMILES string of the molecule is Cc1cc(C(=O)N2CCCC2CC(=O)O)ccc1-n1cccn1. The van der Waals surface area contributed by atoms with Gasteiger partial charge in [0, 0.05) is 30.5 Å². The van der Waals surface area contributed by atoms with Crippen LogP contribution in [0.2, 0.25) is 0 Å². The van der Waals surface area contributed by atoms with E-state index in [0.29, 0.717) is 12.1 Å². The first kappa shape index (κ1) is 15.3. The Morgan fingerprint density at radius 1 is 1.39 bits per heavy atom. The molecule has 1 fully saturated rings. The molecule has 0 bridgehead atoms. The second kappa shape index (κ2) is 6.24. The van der Waals surface area contributed by atoms with Crippen LogP contribution in [0.4, 0.5) is 0 Å². The summed E-state index contributed by atoms with van der Waals surface area (Å²) < 4.78 is 1.76. The number of rotatable bonds is 4. The Morgan fingerprint density at radius 2 is 2.22 bits per heavy atom. The van der Waals surface area contributed by atoms with E-state index in [4.69, 9.17) is 5.11 Å². The van der Waals surface area contributed by atoms with Crippen LogP contribution in [0.25, 0.3) is 5.69 Å². The van der Waals surface area contributed by atoms with Gasteiger partial charge >= 0.3 is 5.97 Å². The molecule has 1 aliphatic heterocycles. The number of nitrogens with zero attached hydrogens (tertiary/aromatic N) is 3. The molecule has 1 saturated heterocycles. The number of amides is 1. The van der Waals surface area contributed by atoms with E-state index in [1.807, 2.05) is 31.3 Å². The molecule has 1 unspecified atom stereocenters. The highest BCUT2D eigenvalue weighted by atomic mass is 16.4. The van der Waals surface area contributed by atoms with Gasteiger partial charge in [-0.2, -0.15) is 5.10 Å². The van der Waals surface area contributed by atoms with Crippen LogP contribution in [-0.4, -0.2) is 44.3 Å². The summed E-state index contributed by atoms with van der Waals surface area (Å²) in [4.78, 5) is 25.3. The molecule has 1 aromatic carbocycles. The quantitative estimate of drug-likeness (QED) is 0.939. The number of carbonyl (C=O) groups is 2. The minimum absolute atomic E-state index is 0.0100. The van der Waals surface area contributed by atoms with Gasteiger partial charge in [0.05, 0.1) is 12.1 Å². The molecular weight excluding hydrogens is 294 g/mol. The summed E-state index contributed by atoms with van der Waals surface area (Å²) >= 11 is 0. The van der Waals surface area contributed by atoms with Crippen LogP contribution in [0.15, 0.2) is 36.7 Å². The van der Waals surface area contributed by atoms with Crippen LogP contribution in [-0.2, 0) is 4.79 Å². The van der Waals surface area contributed by atoms with Crippen LogP contribution in [0.3, 0.4) is 0 Å². The zero-order valence-electron chi connectivity index (χ0n) is 13.0. The summed E-state index contributed by atoms with van der Waals surface area (Å²) in [5, 5.41) is 13.2. The summed E-state index contributed by atoms with van der Waals surface area (Å²) in [6, 6.07) is 7.14. The average Bonchev–Trinajstić information content (AvgIpc) is 3.17. The third kappa shape index (κ3) is 3.11. The van der Waals surface area contributed by atoms with E-state index in [-0.39, 0.29) is 18.4 Å². The monoisotopic (exact) mass is 313 g/mol. The van der Waals surface area contributed by atoms with E-state index in [1.165, 1.54) is 0 Å². The van der Waals surface area contributed by atoms with Crippen molar-refractivity contribution in [2.75, 3.05) is 6.54 Å². The molecule has 0 spiro atoms. The number of carbonyl (C=O) groups excluding carboxylic acids is 1. The van der Waals surface area contributed by atoms with Gasteiger partial charge in [-0.1, -0.05) is 0 Å². The fourth-order valence-electron chi connectivity index (χ4n) is 3.14. The lowest BCUT2D eigenvalue weighted by Gasteiger charge is -2.24. The van der Waals surface area contributed by atoms with Crippen molar-refractivity contribution >= 4 is 11.9 Å². The molecule has 1 atom stereocenters. The maximum Gasteiger partial charge on any atom is 0.305 e. The van der Waals surface area contributed by atoms with Gasteiger partial charge in [0.15, 0.2) is 0 Å². The number of likely N-dealkylation sites (tertiary alicyclic amines) is 1. The fourth-order valence-corrected chi connectivity index (χ4v) is 3.14. The smallest absolute Gasteiger partial charge is 0.305 e. The number of hydrogen-bond acceptors (Lipinski definition) is 3. The van der Waals surface area contributed by atoms with Crippen molar-refractivity contribution in [2.24, 2.45) is 0 Å². The Hall–Kier alpha value is -2.63. The normalized spacial score (nSPS) is 17.4. The lowest BCUT2D eigenvalue weighted by Crippen LogP contribution is -2.36. The van der Waals surface area contributed by atoms with Gasteiger partial charge in [-0.05, 0) is 49.6 Å². The summed E-state index contributed by atoms with van der Waals surface area (Å²) in [6.45, 7) is 2.56. The van der Waals surface area contributed by atoms with Crippen LogP contribution in [0.1, 0.15) is 35.2 Å². The number of aliphatic carboxylic acids is 1. The van der Waals surface area contributed by atoms with Gasteiger partial charge in [-0.15, -0.1) is 0 Å². The van der Waals surface area contributed by atoms with Crippen LogP contribution >= 0.6 is 0 Å². The number of carboxylic acid groups (broad SMARTS) is 1. The van der Waals surface area contributed by atoms with E-state index in [1.54, 1.807) is 21.8 Å². The zero-order chi connectivity index (χ0) is 16.4. The van der Waals surface area contributed by atoms with Gasteiger partial charge in [-0.3, -0.25) is 9.59 Å². The van der Waals surface area contributed by atoms with Crippen molar-refractivity contribution in [3.63, 3.8) is 0 Å². The molecule has 0 radical (unpaired) electrons. The van der Waals surface area contributed by atoms with E-state index >= 15 is 0 Å². The molecule has 120 valence electrons. The molecular formula is C17H19N3O3. The highest BCUT2D eigenvalue weighted by Gasteiger charge is 2.31. The standard InChI is InChI=1S/C17H19N3O3/c1-12-10-13(5-6-15(12)20-9-3-7-18-20)17(23)19-8-2-4-14(19)11-16(21)22/h3,5-7,9-10,14H,2,4,8,11H2,1H3,(H,21,22). The Bertz CT molecular complexity index is 725. The largest absolute Gasteiger partial charge is 0.481 e. The maximum absolute atomic E-state index is 12.7. The molecule has 1 aliphatic rings. The molecule has 1 N–H and O–H groups in total. The molecule has 2 heterocycles. The molecule has 6 heteroatoms. The highest BCUT2D eigenvalue weighted by molar-refractivity contribution is 5.95. The van der Waals surface area contributed by atoms with Gasteiger partial charge in [0.25, 0.3) is 5.91 Å². The fraction of sp³-hybridized carbons (Fsp3) is 0.353. The Morgan fingerprint density at radius 3 is 2.87 bits per heavy atom. The van der Waals surface area contributed by atoms with Crippen LogP contribution < -0.4 is 0 Å². The third-order valence-electron chi connectivity index (χ3n) is 4.24. The van der Waals surface area contributed by atoms with Gasteiger partial charge in [0.1, 0.15) is 0 Å².